The number of nitrogens with one attached hydrogen (secondary N) is 1. The van der Waals surface area contributed by atoms with Crippen molar-refractivity contribution in [3.8, 4) is 11.3 Å². The standard InChI is InChI=1S/C15H16FN3O2S.ClH/c1-22(20,21)19-15-6-9(2-4-12(15)16)14-5-3-10(8-18-14)11-7-13(11)17;/h2-6,8,11,13,19H,7,17H2,1H3;1H/t11-,13+;/m0./s1. The molecule has 0 bridgehead atoms. The number of halogens is 2. The van der Waals surface area contributed by atoms with E-state index in [-0.39, 0.29) is 24.1 Å². The summed E-state index contributed by atoms with van der Waals surface area (Å²) in [5.74, 6) is -0.257. The third-order valence-corrected chi connectivity index (χ3v) is 4.20. The van der Waals surface area contributed by atoms with Crippen molar-refractivity contribution in [3.05, 3.63) is 47.9 Å². The van der Waals surface area contributed by atoms with Gasteiger partial charge in [0, 0.05) is 23.7 Å². The average molecular weight is 358 g/mol. The van der Waals surface area contributed by atoms with Gasteiger partial charge < -0.3 is 5.73 Å². The lowest BCUT2D eigenvalue weighted by atomic mass is 10.1. The van der Waals surface area contributed by atoms with Crippen molar-refractivity contribution in [2.24, 2.45) is 5.73 Å². The van der Waals surface area contributed by atoms with Crippen molar-refractivity contribution >= 4 is 28.1 Å². The lowest BCUT2D eigenvalue weighted by Gasteiger charge is -2.08. The number of aromatic nitrogens is 1. The van der Waals surface area contributed by atoms with Crippen LogP contribution in [0.4, 0.5) is 10.1 Å². The highest BCUT2D eigenvalue weighted by atomic mass is 35.5. The molecule has 124 valence electrons. The van der Waals surface area contributed by atoms with Gasteiger partial charge >= 0.3 is 0 Å². The first-order valence-corrected chi connectivity index (χ1v) is 8.72. The maximum atomic E-state index is 13.7. The van der Waals surface area contributed by atoms with E-state index in [1.807, 2.05) is 12.1 Å². The van der Waals surface area contributed by atoms with Crippen LogP contribution >= 0.6 is 12.4 Å². The van der Waals surface area contributed by atoms with Gasteiger partial charge in [0.05, 0.1) is 17.6 Å². The number of hydrogen-bond donors (Lipinski definition) is 2. The van der Waals surface area contributed by atoms with Crippen molar-refractivity contribution in [1.82, 2.24) is 4.98 Å². The van der Waals surface area contributed by atoms with E-state index in [0.29, 0.717) is 17.2 Å². The minimum Gasteiger partial charge on any atom is -0.327 e. The summed E-state index contributed by atoms with van der Waals surface area (Å²) in [6.45, 7) is 0. The first-order valence-electron chi connectivity index (χ1n) is 6.83. The van der Waals surface area contributed by atoms with Crippen LogP contribution in [-0.2, 0) is 10.0 Å². The number of rotatable bonds is 4. The fourth-order valence-corrected chi connectivity index (χ4v) is 2.91. The van der Waals surface area contributed by atoms with Gasteiger partial charge in [-0.05, 0) is 36.2 Å². The van der Waals surface area contributed by atoms with E-state index in [9.17, 15) is 12.8 Å². The van der Waals surface area contributed by atoms with E-state index in [2.05, 4.69) is 9.71 Å². The molecule has 1 saturated carbocycles. The van der Waals surface area contributed by atoms with Gasteiger partial charge in [-0.15, -0.1) is 12.4 Å². The summed E-state index contributed by atoms with van der Waals surface area (Å²) in [6, 6.07) is 8.21. The maximum Gasteiger partial charge on any atom is 0.229 e. The number of hydrogen-bond acceptors (Lipinski definition) is 4. The third kappa shape index (κ3) is 4.19. The highest BCUT2D eigenvalue weighted by Gasteiger charge is 2.34. The molecule has 0 spiro atoms. The van der Waals surface area contributed by atoms with E-state index in [0.717, 1.165) is 18.2 Å². The summed E-state index contributed by atoms with van der Waals surface area (Å²) in [6.07, 6.45) is 3.71. The van der Waals surface area contributed by atoms with Crippen molar-refractivity contribution in [2.45, 2.75) is 18.4 Å². The van der Waals surface area contributed by atoms with Gasteiger partial charge in [-0.1, -0.05) is 6.07 Å². The Bertz CT molecular complexity index is 812. The molecule has 0 amide bonds. The molecular weight excluding hydrogens is 341 g/mol. The van der Waals surface area contributed by atoms with Crippen LogP contribution < -0.4 is 10.5 Å². The summed E-state index contributed by atoms with van der Waals surface area (Å²) < 4.78 is 38.3. The number of nitrogens with zero attached hydrogens (tertiary/aromatic N) is 1. The van der Waals surface area contributed by atoms with Crippen molar-refractivity contribution < 1.29 is 12.8 Å². The molecule has 5 nitrogen and oxygen atoms in total. The number of sulfonamides is 1. The number of pyridine rings is 1. The molecule has 1 aromatic heterocycles. The zero-order chi connectivity index (χ0) is 15.9. The molecule has 1 heterocycles. The third-order valence-electron chi connectivity index (χ3n) is 3.61. The Kier molecular flexibility index (Phi) is 4.93. The van der Waals surface area contributed by atoms with Gasteiger partial charge in [0.25, 0.3) is 0 Å². The molecule has 1 fully saturated rings. The second kappa shape index (κ2) is 6.43. The number of nitrogens with two attached hydrogens (primary N) is 1. The maximum absolute atomic E-state index is 13.7. The number of benzene rings is 1. The highest BCUT2D eigenvalue weighted by Crippen LogP contribution is 2.39. The van der Waals surface area contributed by atoms with Crippen LogP contribution in [0.3, 0.4) is 0 Å². The number of anilines is 1. The lowest BCUT2D eigenvalue weighted by molar-refractivity contribution is 0.604. The van der Waals surface area contributed by atoms with Crippen LogP contribution in [-0.4, -0.2) is 25.7 Å². The van der Waals surface area contributed by atoms with Crippen molar-refractivity contribution in [1.29, 1.82) is 0 Å². The van der Waals surface area contributed by atoms with E-state index in [4.69, 9.17) is 5.73 Å². The first-order chi connectivity index (χ1) is 10.3. The Labute approximate surface area is 140 Å². The fourth-order valence-electron chi connectivity index (χ4n) is 2.36. The average Bonchev–Trinajstić information content (AvgIpc) is 3.17. The van der Waals surface area contributed by atoms with Gasteiger partial charge in [-0.2, -0.15) is 0 Å². The Hall–Kier alpha value is -1.70. The second-order valence-corrected chi connectivity index (χ2v) is 7.30. The molecule has 2 aromatic rings. The molecule has 3 N–H and O–H groups in total. The molecule has 23 heavy (non-hydrogen) atoms. The van der Waals surface area contributed by atoms with E-state index >= 15 is 0 Å². The summed E-state index contributed by atoms with van der Waals surface area (Å²) >= 11 is 0. The van der Waals surface area contributed by atoms with E-state index in [1.54, 1.807) is 12.3 Å². The van der Waals surface area contributed by atoms with Gasteiger partial charge in [-0.3, -0.25) is 9.71 Å². The minimum absolute atomic E-state index is 0. The molecule has 1 aromatic carbocycles. The van der Waals surface area contributed by atoms with Crippen molar-refractivity contribution in [2.75, 3.05) is 11.0 Å². The van der Waals surface area contributed by atoms with Gasteiger partial charge in [0.1, 0.15) is 5.82 Å². The van der Waals surface area contributed by atoms with Crippen LogP contribution in [0.15, 0.2) is 36.5 Å². The molecule has 0 radical (unpaired) electrons. The topological polar surface area (TPSA) is 85.1 Å². The largest absolute Gasteiger partial charge is 0.327 e. The van der Waals surface area contributed by atoms with Crippen LogP contribution in [0.25, 0.3) is 11.3 Å². The Morgan fingerprint density at radius 3 is 2.52 bits per heavy atom. The smallest absolute Gasteiger partial charge is 0.229 e. The predicted molar refractivity (Wildman–Crippen MR) is 90.7 cm³/mol. The molecule has 8 heteroatoms. The molecule has 1 aliphatic carbocycles. The highest BCUT2D eigenvalue weighted by molar-refractivity contribution is 7.92. The van der Waals surface area contributed by atoms with Crippen LogP contribution in [0.1, 0.15) is 17.9 Å². The molecule has 1 aliphatic rings. The first kappa shape index (κ1) is 17.7. The SMILES string of the molecule is CS(=O)(=O)Nc1cc(-c2ccc([C@@H]3C[C@H]3N)cn2)ccc1F.Cl. The molecule has 2 atom stereocenters. The Morgan fingerprint density at radius 1 is 1.30 bits per heavy atom. The van der Waals surface area contributed by atoms with Crippen LogP contribution in [0.2, 0.25) is 0 Å². The zero-order valence-corrected chi connectivity index (χ0v) is 14.0. The molecule has 0 unspecified atom stereocenters. The second-order valence-electron chi connectivity index (χ2n) is 5.55. The van der Waals surface area contributed by atoms with Crippen LogP contribution in [0, 0.1) is 5.82 Å². The minimum atomic E-state index is -3.54. The van der Waals surface area contributed by atoms with E-state index < -0.39 is 15.8 Å². The monoisotopic (exact) mass is 357 g/mol. The summed E-state index contributed by atoms with van der Waals surface area (Å²) in [5.41, 5.74) is 8.10. The van der Waals surface area contributed by atoms with Gasteiger partial charge in [-0.25, -0.2) is 12.8 Å². The Balaban J connectivity index is 0.00000192. The zero-order valence-electron chi connectivity index (χ0n) is 12.4. The normalized spacial score (nSPS) is 19.8. The van der Waals surface area contributed by atoms with Gasteiger partial charge in [0.2, 0.25) is 10.0 Å². The summed E-state index contributed by atoms with van der Waals surface area (Å²) in [4.78, 5) is 4.36. The van der Waals surface area contributed by atoms with Crippen LogP contribution in [0.5, 0.6) is 0 Å². The lowest BCUT2D eigenvalue weighted by Crippen LogP contribution is -2.11. The molecule has 0 saturated heterocycles. The Morgan fingerprint density at radius 2 is 2.00 bits per heavy atom. The van der Waals surface area contributed by atoms with Crippen molar-refractivity contribution in [3.63, 3.8) is 0 Å². The molecule has 3 rings (SSSR count). The molecular formula is C15H17ClFN3O2S. The predicted octanol–water partition coefficient (Wildman–Crippen LogP) is 2.50. The van der Waals surface area contributed by atoms with Gasteiger partial charge in [0.15, 0.2) is 0 Å². The summed E-state index contributed by atoms with van der Waals surface area (Å²) in [7, 11) is -3.54. The molecule has 0 aliphatic heterocycles. The van der Waals surface area contributed by atoms with E-state index in [1.165, 1.54) is 12.1 Å². The summed E-state index contributed by atoms with van der Waals surface area (Å²) in [5, 5.41) is 0. The quantitative estimate of drug-likeness (QED) is 0.880. The fraction of sp³-hybridized carbons (Fsp3) is 0.267.